The first-order valence-corrected chi connectivity index (χ1v) is 8.70. The number of nitrogens with one attached hydrogen (secondary N) is 3. The fraction of sp³-hybridized carbons (Fsp3) is 0.667. The van der Waals surface area contributed by atoms with Crippen molar-refractivity contribution >= 4 is 29.7 Å². The number of nitrogens with two attached hydrogens (primary N) is 3. The number of hydrogen-bond donors (Lipinski definition) is 9. The van der Waals surface area contributed by atoms with Gasteiger partial charge in [0.1, 0.15) is 24.2 Å². The van der Waals surface area contributed by atoms with E-state index in [9.17, 15) is 19.2 Å². The normalized spacial score (nSPS) is 14.6. The Bertz CT molecular complexity index is 610. The van der Waals surface area contributed by atoms with E-state index in [-0.39, 0.29) is 25.3 Å². The number of hydrogen-bond acceptors (Lipinski definition) is 8. The molecule has 0 aromatic heterocycles. The molecule has 0 aromatic rings. The Hall–Kier alpha value is -2.97. The standard InChI is InChI=1S/C15H29N7O7/c1-7(20-12(26)8(16)5-23)11(25)21-9(3-2-4-19-15(17)18)13(27)22-10(6-24)14(28)29/h7-10,23-24H,2-6,16H2,1H3,(H,20,26)(H,21,25)(H,22,27)(H,28,29)(H4,17,18,19). The van der Waals surface area contributed by atoms with Crippen molar-refractivity contribution in [1.29, 1.82) is 0 Å². The van der Waals surface area contributed by atoms with Crippen LogP contribution in [0.15, 0.2) is 4.99 Å². The molecule has 4 atom stereocenters. The van der Waals surface area contributed by atoms with Crippen molar-refractivity contribution in [3.63, 3.8) is 0 Å². The molecule has 4 unspecified atom stereocenters. The third-order valence-electron chi connectivity index (χ3n) is 3.66. The summed E-state index contributed by atoms with van der Waals surface area (Å²) in [5.41, 5.74) is 15.8. The van der Waals surface area contributed by atoms with Gasteiger partial charge in [0.15, 0.2) is 5.96 Å². The average molecular weight is 419 g/mol. The van der Waals surface area contributed by atoms with E-state index >= 15 is 0 Å². The van der Waals surface area contributed by atoms with E-state index in [1.807, 2.05) is 0 Å². The Balaban J connectivity index is 5.09. The van der Waals surface area contributed by atoms with Crippen molar-refractivity contribution in [2.75, 3.05) is 19.8 Å². The molecule has 0 rings (SSSR count). The van der Waals surface area contributed by atoms with E-state index in [0.29, 0.717) is 0 Å². The monoisotopic (exact) mass is 419 g/mol. The molecule has 0 saturated carbocycles. The van der Waals surface area contributed by atoms with Crippen LogP contribution in [0.4, 0.5) is 0 Å². The van der Waals surface area contributed by atoms with Crippen LogP contribution in [0.2, 0.25) is 0 Å². The highest BCUT2D eigenvalue weighted by Gasteiger charge is 2.28. The minimum absolute atomic E-state index is 0.0446. The van der Waals surface area contributed by atoms with Crippen LogP contribution in [-0.4, -0.2) is 88.9 Å². The van der Waals surface area contributed by atoms with Crippen molar-refractivity contribution in [2.45, 2.75) is 43.9 Å². The van der Waals surface area contributed by atoms with Crippen molar-refractivity contribution < 1.29 is 34.5 Å². The number of aliphatic hydroxyl groups excluding tert-OH is 2. The molecule has 14 nitrogen and oxygen atoms in total. The Labute approximate surface area is 166 Å². The minimum atomic E-state index is -1.56. The lowest BCUT2D eigenvalue weighted by atomic mass is 10.1. The highest BCUT2D eigenvalue weighted by atomic mass is 16.4. The predicted molar refractivity (Wildman–Crippen MR) is 101 cm³/mol. The highest BCUT2D eigenvalue weighted by Crippen LogP contribution is 2.01. The molecule has 0 fully saturated rings. The Morgan fingerprint density at radius 3 is 2.00 bits per heavy atom. The second-order valence-electron chi connectivity index (χ2n) is 6.11. The third kappa shape index (κ3) is 10.2. The molecule has 29 heavy (non-hydrogen) atoms. The average Bonchev–Trinajstić information content (AvgIpc) is 2.66. The van der Waals surface area contributed by atoms with Crippen LogP contribution in [-0.2, 0) is 19.2 Å². The molecule has 0 heterocycles. The molecule has 0 saturated heterocycles. The van der Waals surface area contributed by atoms with Crippen molar-refractivity contribution in [3.8, 4) is 0 Å². The maximum absolute atomic E-state index is 12.4. The SMILES string of the molecule is CC(NC(=O)C(N)CO)C(=O)NC(CCCN=C(N)N)C(=O)NC(CO)C(=O)O. The summed E-state index contributed by atoms with van der Waals surface area (Å²) in [7, 11) is 0. The van der Waals surface area contributed by atoms with Gasteiger partial charge in [-0.1, -0.05) is 0 Å². The van der Waals surface area contributed by atoms with Gasteiger partial charge in [0, 0.05) is 6.54 Å². The molecule has 14 heteroatoms. The number of guanidine groups is 1. The zero-order chi connectivity index (χ0) is 22.6. The summed E-state index contributed by atoms with van der Waals surface area (Å²) >= 11 is 0. The van der Waals surface area contributed by atoms with Gasteiger partial charge in [0.25, 0.3) is 0 Å². The van der Waals surface area contributed by atoms with E-state index < -0.39 is 61.1 Å². The first-order chi connectivity index (χ1) is 13.5. The lowest BCUT2D eigenvalue weighted by Crippen LogP contribution is -2.57. The summed E-state index contributed by atoms with van der Waals surface area (Å²) in [4.78, 5) is 51.0. The van der Waals surface area contributed by atoms with Crippen LogP contribution < -0.4 is 33.2 Å². The van der Waals surface area contributed by atoms with Crippen molar-refractivity contribution in [3.05, 3.63) is 0 Å². The summed E-state index contributed by atoms with van der Waals surface area (Å²) in [6, 6.07) is -5.05. The smallest absolute Gasteiger partial charge is 0.328 e. The topological polar surface area (TPSA) is 255 Å². The lowest BCUT2D eigenvalue weighted by molar-refractivity contribution is -0.143. The number of aliphatic hydroxyl groups is 2. The summed E-state index contributed by atoms with van der Waals surface area (Å²) in [6.07, 6.45) is 0.312. The number of nitrogens with zero attached hydrogens (tertiary/aromatic N) is 1. The van der Waals surface area contributed by atoms with Crippen LogP contribution in [0.5, 0.6) is 0 Å². The van der Waals surface area contributed by atoms with E-state index in [1.165, 1.54) is 6.92 Å². The van der Waals surface area contributed by atoms with Crippen LogP contribution in [0.25, 0.3) is 0 Å². The largest absolute Gasteiger partial charge is 0.480 e. The van der Waals surface area contributed by atoms with Crippen molar-refractivity contribution in [1.82, 2.24) is 16.0 Å². The van der Waals surface area contributed by atoms with Gasteiger partial charge in [0.05, 0.1) is 13.2 Å². The molecule has 0 bridgehead atoms. The summed E-state index contributed by atoms with van der Waals surface area (Å²) in [6.45, 7) is 0.0243. The summed E-state index contributed by atoms with van der Waals surface area (Å²) in [5, 5.41) is 33.6. The number of amides is 3. The number of carbonyl (C=O) groups excluding carboxylic acids is 3. The molecule has 3 amide bonds. The molecular weight excluding hydrogens is 390 g/mol. The Kier molecular flexibility index (Phi) is 11.9. The first kappa shape index (κ1) is 26.0. The molecule has 0 aliphatic carbocycles. The number of aliphatic imine (C=N–C) groups is 1. The van der Waals surface area contributed by atoms with Crippen LogP contribution in [0.1, 0.15) is 19.8 Å². The zero-order valence-electron chi connectivity index (χ0n) is 16.0. The fourth-order valence-corrected chi connectivity index (χ4v) is 2.00. The number of rotatable bonds is 13. The van der Waals surface area contributed by atoms with Crippen LogP contribution >= 0.6 is 0 Å². The molecule has 0 aliphatic rings. The predicted octanol–water partition coefficient (Wildman–Crippen LogP) is -5.09. The van der Waals surface area contributed by atoms with Gasteiger partial charge < -0.3 is 48.5 Å². The van der Waals surface area contributed by atoms with E-state index in [0.717, 1.165) is 0 Å². The number of carboxylic acids is 1. The molecule has 0 radical (unpaired) electrons. The van der Waals surface area contributed by atoms with Gasteiger partial charge in [0.2, 0.25) is 17.7 Å². The second kappa shape index (κ2) is 13.2. The number of carboxylic acid groups (broad SMARTS) is 1. The molecule has 0 aromatic carbocycles. The van der Waals surface area contributed by atoms with Gasteiger partial charge in [-0.05, 0) is 19.8 Å². The first-order valence-electron chi connectivity index (χ1n) is 8.70. The molecule has 0 spiro atoms. The Morgan fingerprint density at radius 2 is 1.52 bits per heavy atom. The summed E-state index contributed by atoms with van der Waals surface area (Å²) < 4.78 is 0. The molecule has 12 N–H and O–H groups in total. The maximum atomic E-state index is 12.4. The molecular formula is C15H29N7O7. The molecule has 0 aliphatic heterocycles. The van der Waals surface area contributed by atoms with Crippen LogP contribution in [0, 0.1) is 0 Å². The zero-order valence-corrected chi connectivity index (χ0v) is 16.0. The fourth-order valence-electron chi connectivity index (χ4n) is 2.00. The Morgan fingerprint density at radius 1 is 0.931 bits per heavy atom. The van der Waals surface area contributed by atoms with Gasteiger partial charge >= 0.3 is 5.97 Å². The van der Waals surface area contributed by atoms with E-state index in [1.54, 1.807) is 0 Å². The third-order valence-corrected chi connectivity index (χ3v) is 3.66. The second-order valence-corrected chi connectivity index (χ2v) is 6.11. The number of carbonyl (C=O) groups is 4. The van der Waals surface area contributed by atoms with Crippen molar-refractivity contribution in [2.24, 2.45) is 22.2 Å². The van der Waals surface area contributed by atoms with Crippen LogP contribution in [0.3, 0.4) is 0 Å². The van der Waals surface area contributed by atoms with Gasteiger partial charge in [-0.2, -0.15) is 0 Å². The maximum Gasteiger partial charge on any atom is 0.328 e. The van der Waals surface area contributed by atoms with Gasteiger partial charge in [-0.3, -0.25) is 19.4 Å². The number of aliphatic carboxylic acids is 1. The van der Waals surface area contributed by atoms with E-state index in [2.05, 4.69) is 20.9 Å². The van der Waals surface area contributed by atoms with E-state index in [4.69, 9.17) is 32.5 Å². The lowest BCUT2D eigenvalue weighted by Gasteiger charge is -2.23. The highest BCUT2D eigenvalue weighted by molar-refractivity contribution is 5.93. The molecule has 166 valence electrons. The quantitative estimate of drug-likeness (QED) is 0.0779. The summed E-state index contributed by atoms with van der Waals surface area (Å²) in [5.74, 6) is -3.98. The van der Waals surface area contributed by atoms with Gasteiger partial charge in [-0.25, -0.2) is 4.79 Å². The minimum Gasteiger partial charge on any atom is -0.480 e. The van der Waals surface area contributed by atoms with Gasteiger partial charge in [-0.15, -0.1) is 0 Å².